The van der Waals surface area contributed by atoms with Gasteiger partial charge in [0.25, 0.3) is 0 Å². The van der Waals surface area contributed by atoms with Crippen LogP contribution in [0.15, 0.2) is 41.3 Å². The topological polar surface area (TPSA) is 55.6 Å². The second-order valence-corrected chi connectivity index (χ2v) is 11.1. The molecular formula is C22H27F3NO4PS. The van der Waals surface area contributed by atoms with Gasteiger partial charge in [-0.3, -0.25) is 4.57 Å². The molecule has 5 nitrogen and oxygen atoms in total. The molecule has 1 fully saturated rings. The van der Waals surface area contributed by atoms with E-state index in [1.807, 2.05) is 32.9 Å². The van der Waals surface area contributed by atoms with Crippen molar-refractivity contribution in [3.05, 3.63) is 64.2 Å². The first-order chi connectivity index (χ1) is 14.9. The van der Waals surface area contributed by atoms with Gasteiger partial charge in [0.15, 0.2) is 0 Å². The molecular weight excluding hydrogens is 462 g/mol. The van der Waals surface area contributed by atoms with Crippen molar-refractivity contribution in [2.24, 2.45) is 0 Å². The van der Waals surface area contributed by atoms with E-state index in [1.54, 1.807) is 13.8 Å². The molecule has 0 amide bonds. The van der Waals surface area contributed by atoms with Crippen molar-refractivity contribution in [1.29, 1.82) is 0 Å². The lowest BCUT2D eigenvalue weighted by Crippen LogP contribution is -2.12. The summed E-state index contributed by atoms with van der Waals surface area (Å²) in [5.41, 5.74) is 2.35. The van der Waals surface area contributed by atoms with Crippen molar-refractivity contribution in [3.63, 3.8) is 0 Å². The lowest BCUT2D eigenvalue weighted by molar-refractivity contribution is -0.137. The van der Waals surface area contributed by atoms with Crippen LogP contribution >= 0.6 is 7.60 Å². The molecule has 0 spiro atoms. The van der Waals surface area contributed by atoms with Crippen LogP contribution in [0.2, 0.25) is 0 Å². The first kappa shape index (κ1) is 25.1. The van der Waals surface area contributed by atoms with Crippen LogP contribution in [0, 0.1) is 20.8 Å². The van der Waals surface area contributed by atoms with Gasteiger partial charge < -0.3 is 9.05 Å². The smallest absolute Gasteiger partial charge is 0.308 e. The number of aryl methyl sites for hydroxylation is 3. The Morgan fingerprint density at radius 3 is 1.94 bits per heavy atom. The first-order valence-corrected chi connectivity index (χ1v) is 13.0. The second kappa shape index (κ2) is 9.39. The first-order valence-electron chi connectivity index (χ1n) is 10.3. The Labute approximate surface area is 189 Å². The molecule has 4 atom stereocenters. The SMILES string of the molecule is CCOP(=O)(OCC)[C@H]1[C@@H](c2ccc(C(F)(F)F)cc2)N1[S@@](=O)c1c(C)cc(C)cc1C. The molecule has 0 saturated carbocycles. The molecule has 32 heavy (non-hydrogen) atoms. The van der Waals surface area contributed by atoms with E-state index < -0.39 is 42.1 Å². The monoisotopic (exact) mass is 489 g/mol. The Hall–Kier alpha value is -1.51. The molecule has 0 aromatic heterocycles. The molecule has 2 aromatic rings. The minimum atomic E-state index is -4.47. The van der Waals surface area contributed by atoms with E-state index in [1.165, 1.54) is 16.4 Å². The Morgan fingerprint density at radius 1 is 1.00 bits per heavy atom. The van der Waals surface area contributed by atoms with Gasteiger partial charge in [-0.1, -0.05) is 29.8 Å². The van der Waals surface area contributed by atoms with Crippen molar-refractivity contribution >= 4 is 18.6 Å². The maximum absolute atomic E-state index is 13.7. The number of alkyl halides is 3. The van der Waals surface area contributed by atoms with E-state index in [9.17, 15) is 21.9 Å². The van der Waals surface area contributed by atoms with Crippen LogP contribution in [-0.2, 0) is 30.8 Å². The van der Waals surface area contributed by atoms with Gasteiger partial charge in [0.1, 0.15) is 16.8 Å². The van der Waals surface area contributed by atoms with E-state index in [0.717, 1.165) is 28.8 Å². The van der Waals surface area contributed by atoms with Crippen LogP contribution in [0.25, 0.3) is 0 Å². The number of hydrogen-bond donors (Lipinski definition) is 0. The number of rotatable bonds is 8. The van der Waals surface area contributed by atoms with Crippen molar-refractivity contribution in [2.45, 2.75) is 57.5 Å². The molecule has 0 radical (unpaired) electrons. The summed E-state index contributed by atoms with van der Waals surface area (Å²) in [5, 5.41) is 0. The van der Waals surface area contributed by atoms with Crippen LogP contribution in [0.5, 0.6) is 0 Å². The molecule has 1 saturated heterocycles. The van der Waals surface area contributed by atoms with Gasteiger partial charge in [0.2, 0.25) is 0 Å². The van der Waals surface area contributed by atoms with Crippen molar-refractivity contribution in [2.75, 3.05) is 13.2 Å². The number of hydrogen-bond acceptors (Lipinski definition) is 4. The predicted octanol–water partition coefficient (Wildman–Crippen LogP) is 6.30. The molecule has 1 heterocycles. The summed E-state index contributed by atoms with van der Waals surface area (Å²) < 4.78 is 78.7. The highest BCUT2D eigenvalue weighted by molar-refractivity contribution is 7.83. The highest BCUT2D eigenvalue weighted by Crippen LogP contribution is 2.69. The fraction of sp³-hybridized carbons (Fsp3) is 0.455. The Morgan fingerprint density at radius 2 is 1.50 bits per heavy atom. The summed E-state index contributed by atoms with van der Waals surface area (Å²) in [5.74, 6) is -0.861. The second-order valence-electron chi connectivity index (χ2n) is 7.69. The van der Waals surface area contributed by atoms with Crippen LogP contribution in [0.3, 0.4) is 0 Å². The molecule has 0 bridgehead atoms. The minimum Gasteiger partial charge on any atom is -0.308 e. The quantitative estimate of drug-likeness (QED) is 0.323. The zero-order valence-corrected chi connectivity index (χ0v) is 20.3. The predicted molar refractivity (Wildman–Crippen MR) is 118 cm³/mol. The fourth-order valence-corrected chi connectivity index (χ4v) is 8.38. The van der Waals surface area contributed by atoms with E-state index >= 15 is 0 Å². The summed E-state index contributed by atoms with van der Waals surface area (Å²) in [6, 6.07) is 7.76. The number of benzene rings is 2. The van der Waals surface area contributed by atoms with Crippen LogP contribution < -0.4 is 0 Å². The molecule has 1 aliphatic rings. The highest BCUT2D eigenvalue weighted by atomic mass is 32.2. The lowest BCUT2D eigenvalue weighted by Gasteiger charge is -2.17. The maximum Gasteiger partial charge on any atom is 0.416 e. The molecule has 3 rings (SSSR count). The Bertz CT molecular complexity index is 1030. The third-order valence-electron chi connectivity index (χ3n) is 5.22. The minimum absolute atomic E-state index is 0.122. The van der Waals surface area contributed by atoms with Crippen molar-refractivity contribution < 1.29 is 31.0 Å². The molecule has 10 heteroatoms. The average Bonchev–Trinajstić information content (AvgIpc) is 3.43. The Kier molecular flexibility index (Phi) is 7.37. The highest BCUT2D eigenvalue weighted by Gasteiger charge is 2.64. The number of nitrogens with zero attached hydrogens (tertiary/aromatic N) is 1. The third-order valence-corrected chi connectivity index (χ3v) is 9.62. The molecule has 2 aromatic carbocycles. The van der Waals surface area contributed by atoms with Gasteiger partial charge in [-0.2, -0.15) is 17.5 Å². The standard InChI is InChI=1S/C22H27F3NO4PS/c1-6-29-31(27,30-7-2)21-19(17-8-10-18(11-9-17)22(23,24)25)26(21)32(28)20-15(4)12-14(3)13-16(20)5/h8-13,19,21H,6-7H2,1-5H3/t19-,21+,26?,32+/m1/s1. The molecule has 176 valence electrons. The fourth-order valence-electron chi connectivity index (χ4n) is 4.00. The molecule has 0 N–H and O–H groups in total. The van der Waals surface area contributed by atoms with Crippen LogP contribution in [0.1, 0.15) is 47.7 Å². The van der Waals surface area contributed by atoms with E-state index in [2.05, 4.69) is 0 Å². The maximum atomic E-state index is 13.7. The molecule has 1 unspecified atom stereocenters. The van der Waals surface area contributed by atoms with Gasteiger partial charge in [0.05, 0.1) is 29.7 Å². The lowest BCUT2D eigenvalue weighted by atomic mass is 10.1. The van der Waals surface area contributed by atoms with E-state index in [0.29, 0.717) is 10.5 Å². The van der Waals surface area contributed by atoms with Gasteiger partial charge in [-0.15, -0.1) is 0 Å². The average molecular weight is 489 g/mol. The molecule has 1 aliphatic heterocycles. The van der Waals surface area contributed by atoms with E-state index in [-0.39, 0.29) is 13.2 Å². The van der Waals surface area contributed by atoms with Gasteiger partial charge in [-0.05, 0) is 63.4 Å². The van der Waals surface area contributed by atoms with E-state index in [4.69, 9.17) is 9.05 Å². The van der Waals surface area contributed by atoms with Crippen molar-refractivity contribution in [1.82, 2.24) is 4.31 Å². The summed E-state index contributed by atoms with van der Waals surface area (Å²) in [6.45, 7) is 9.24. The van der Waals surface area contributed by atoms with Crippen LogP contribution in [0.4, 0.5) is 13.2 Å². The number of halogens is 3. The normalized spacial score (nSPS) is 22.1. The summed E-state index contributed by atoms with van der Waals surface area (Å²) in [6.07, 6.45) is -4.47. The van der Waals surface area contributed by atoms with Gasteiger partial charge in [0, 0.05) is 0 Å². The zero-order valence-electron chi connectivity index (χ0n) is 18.6. The summed E-state index contributed by atoms with van der Waals surface area (Å²) in [4.78, 5) is 0.592. The summed E-state index contributed by atoms with van der Waals surface area (Å²) >= 11 is 0. The zero-order chi connectivity index (χ0) is 23.8. The molecule has 0 aliphatic carbocycles. The Balaban J connectivity index is 2.05. The van der Waals surface area contributed by atoms with Gasteiger partial charge >= 0.3 is 13.8 Å². The third kappa shape index (κ3) is 4.87. The van der Waals surface area contributed by atoms with Crippen molar-refractivity contribution in [3.8, 4) is 0 Å². The van der Waals surface area contributed by atoms with Gasteiger partial charge in [-0.25, -0.2) is 4.21 Å². The summed E-state index contributed by atoms with van der Waals surface area (Å²) in [7, 11) is -5.42. The van der Waals surface area contributed by atoms with Crippen LogP contribution in [-0.4, -0.2) is 27.5 Å². The largest absolute Gasteiger partial charge is 0.416 e.